The Morgan fingerprint density at radius 1 is 1.71 bits per heavy atom. The average Bonchev–Trinajstić information content (AvgIpc) is 2.60. The standard InChI is InChI=1S/C9H11Cl2NO2/c1-2-6(10)5-12-9(13)7-3-4-14-8(7)11/h3-4,6H,2,5H2,1H3,(H,12,13). The normalized spacial score (nSPS) is 12.5. The summed E-state index contributed by atoms with van der Waals surface area (Å²) in [5, 5.41) is 2.71. The molecule has 1 amide bonds. The molecule has 0 aliphatic carbocycles. The monoisotopic (exact) mass is 235 g/mol. The minimum Gasteiger partial charge on any atom is -0.452 e. The lowest BCUT2D eigenvalue weighted by molar-refractivity contribution is 0.0953. The Bertz CT molecular complexity index is 312. The molecule has 0 spiro atoms. The molecule has 1 aromatic heterocycles. The summed E-state index contributed by atoms with van der Waals surface area (Å²) in [6.45, 7) is 2.38. The van der Waals surface area contributed by atoms with Gasteiger partial charge in [0.2, 0.25) is 5.22 Å². The van der Waals surface area contributed by atoms with Gasteiger partial charge in [0.05, 0.1) is 17.2 Å². The van der Waals surface area contributed by atoms with Gasteiger partial charge in [0.15, 0.2) is 0 Å². The van der Waals surface area contributed by atoms with Gasteiger partial charge in [-0.3, -0.25) is 4.79 Å². The third kappa shape index (κ3) is 2.93. The maximum atomic E-state index is 11.4. The smallest absolute Gasteiger partial charge is 0.256 e. The SMILES string of the molecule is CCC(Cl)CNC(=O)c1ccoc1Cl. The van der Waals surface area contributed by atoms with Crippen molar-refractivity contribution >= 4 is 29.1 Å². The number of alkyl halides is 1. The van der Waals surface area contributed by atoms with E-state index in [1.807, 2.05) is 6.92 Å². The molecule has 0 saturated heterocycles. The van der Waals surface area contributed by atoms with Gasteiger partial charge in [0, 0.05) is 6.54 Å². The summed E-state index contributed by atoms with van der Waals surface area (Å²) in [4.78, 5) is 11.4. The summed E-state index contributed by atoms with van der Waals surface area (Å²) in [6, 6.07) is 1.52. The third-order valence-electron chi connectivity index (χ3n) is 1.79. The van der Waals surface area contributed by atoms with Crippen LogP contribution in [0.3, 0.4) is 0 Å². The fourth-order valence-corrected chi connectivity index (χ4v) is 1.18. The van der Waals surface area contributed by atoms with Crippen molar-refractivity contribution in [2.45, 2.75) is 18.7 Å². The lowest BCUT2D eigenvalue weighted by Gasteiger charge is -2.07. The number of hydrogen-bond acceptors (Lipinski definition) is 2. The molecule has 0 aliphatic rings. The van der Waals surface area contributed by atoms with Crippen LogP contribution in [0.4, 0.5) is 0 Å². The molecule has 0 aromatic carbocycles. The number of halogens is 2. The first-order chi connectivity index (χ1) is 6.65. The summed E-state index contributed by atoms with van der Waals surface area (Å²) < 4.78 is 4.79. The van der Waals surface area contributed by atoms with Gasteiger partial charge < -0.3 is 9.73 Å². The number of furan rings is 1. The van der Waals surface area contributed by atoms with E-state index in [-0.39, 0.29) is 16.5 Å². The lowest BCUT2D eigenvalue weighted by atomic mass is 10.3. The Morgan fingerprint density at radius 2 is 2.43 bits per heavy atom. The zero-order valence-corrected chi connectivity index (χ0v) is 9.23. The molecule has 3 nitrogen and oxygen atoms in total. The molecule has 78 valence electrons. The van der Waals surface area contributed by atoms with Gasteiger partial charge in [-0.15, -0.1) is 11.6 Å². The number of hydrogen-bond donors (Lipinski definition) is 1. The zero-order valence-electron chi connectivity index (χ0n) is 7.72. The Hall–Kier alpha value is -0.670. The van der Waals surface area contributed by atoms with Crippen molar-refractivity contribution in [1.82, 2.24) is 5.32 Å². The second-order valence-electron chi connectivity index (χ2n) is 2.82. The van der Waals surface area contributed by atoms with E-state index in [1.54, 1.807) is 0 Å². The summed E-state index contributed by atoms with van der Waals surface area (Å²) in [5.74, 6) is -0.261. The summed E-state index contributed by atoms with van der Waals surface area (Å²) in [7, 11) is 0. The molecule has 0 fully saturated rings. The maximum Gasteiger partial charge on any atom is 0.256 e. The van der Waals surface area contributed by atoms with Gasteiger partial charge in [-0.05, 0) is 24.1 Å². The summed E-state index contributed by atoms with van der Waals surface area (Å²) >= 11 is 11.5. The second kappa shape index (κ2) is 5.27. The predicted octanol–water partition coefficient (Wildman–Crippen LogP) is 2.68. The van der Waals surface area contributed by atoms with E-state index in [4.69, 9.17) is 27.6 Å². The summed E-state index contributed by atoms with van der Waals surface area (Å²) in [5.41, 5.74) is 0.339. The van der Waals surface area contributed by atoms with Crippen molar-refractivity contribution in [2.24, 2.45) is 0 Å². The topological polar surface area (TPSA) is 42.2 Å². The Balaban J connectivity index is 2.47. The zero-order chi connectivity index (χ0) is 10.6. The molecule has 0 radical (unpaired) electrons. The molecule has 0 aliphatic heterocycles. The van der Waals surface area contributed by atoms with Crippen LogP contribution in [0.25, 0.3) is 0 Å². The van der Waals surface area contributed by atoms with E-state index in [9.17, 15) is 4.79 Å². The second-order valence-corrected chi connectivity index (χ2v) is 3.78. The van der Waals surface area contributed by atoms with Gasteiger partial charge in [0.1, 0.15) is 0 Å². The van der Waals surface area contributed by atoms with Crippen molar-refractivity contribution in [2.75, 3.05) is 6.54 Å². The van der Waals surface area contributed by atoms with E-state index in [0.717, 1.165) is 6.42 Å². The molecule has 1 N–H and O–H groups in total. The average molecular weight is 236 g/mol. The van der Waals surface area contributed by atoms with Gasteiger partial charge in [-0.2, -0.15) is 0 Å². The quantitative estimate of drug-likeness (QED) is 0.816. The van der Waals surface area contributed by atoms with Crippen molar-refractivity contribution in [3.8, 4) is 0 Å². The van der Waals surface area contributed by atoms with Crippen molar-refractivity contribution in [1.29, 1.82) is 0 Å². The highest BCUT2D eigenvalue weighted by molar-refractivity contribution is 6.32. The molecule has 0 saturated carbocycles. The molecule has 14 heavy (non-hydrogen) atoms. The van der Waals surface area contributed by atoms with Crippen LogP contribution in [-0.4, -0.2) is 17.8 Å². The van der Waals surface area contributed by atoms with Crippen molar-refractivity contribution in [3.63, 3.8) is 0 Å². The molecule has 1 unspecified atom stereocenters. The molecule has 1 aromatic rings. The molecule has 5 heteroatoms. The highest BCUT2D eigenvalue weighted by atomic mass is 35.5. The maximum absolute atomic E-state index is 11.4. The fraction of sp³-hybridized carbons (Fsp3) is 0.444. The predicted molar refractivity (Wildman–Crippen MR) is 56.0 cm³/mol. The number of nitrogens with one attached hydrogen (secondary N) is 1. The number of amides is 1. The van der Waals surface area contributed by atoms with E-state index >= 15 is 0 Å². The Kier molecular flexibility index (Phi) is 4.29. The van der Waals surface area contributed by atoms with E-state index in [1.165, 1.54) is 12.3 Å². The number of carbonyl (C=O) groups excluding carboxylic acids is 1. The number of rotatable bonds is 4. The van der Waals surface area contributed by atoms with Crippen LogP contribution in [0.5, 0.6) is 0 Å². The molecule has 1 rings (SSSR count). The van der Waals surface area contributed by atoms with Crippen LogP contribution in [-0.2, 0) is 0 Å². The van der Waals surface area contributed by atoms with Crippen LogP contribution in [0.1, 0.15) is 23.7 Å². The minimum atomic E-state index is -0.261. The fourth-order valence-electron chi connectivity index (χ4n) is 0.899. The summed E-state index contributed by atoms with van der Waals surface area (Å²) in [6.07, 6.45) is 2.18. The molecular weight excluding hydrogens is 225 g/mol. The Labute approximate surface area is 92.4 Å². The van der Waals surface area contributed by atoms with Crippen molar-refractivity contribution < 1.29 is 9.21 Å². The first-order valence-electron chi connectivity index (χ1n) is 4.30. The van der Waals surface area contributed by atoms with Crippen LogP contribution < -0.4 is 5.32 Å². The Morgan fingerprint density at radius 3 is 2.93 bits per heavy atom. The van der Waals surface area contributed by atoms with Gasteiger partial charge >= 0.3 is 0 Å². The largest absolute Gasteiger partial charge is 0.452 e. The highest BCUT2D eigenvalue weighted by Crippen LogP contribution is 2.16. The van der Waals surface area contributed by atoms with E-state index in [2.05, 4.69) is 5.32 Å². The van der Waals surface area contributed by atoms with Gasteiger partial charge in [-0.25, -0.2) is 0 Å². The number of carbonyl (C=O) groups is 1. The lowest BCUT2D eigenvalue weighted by Crippen LogP contribution is -2.29. The van der Waals surface area contributed by atoms with Gasteiger partial charge in [0.25, 0.3) is 5.91 Å². The van der Waals surface area contributed by atoms with E-state index in [0.29, 0.717) is 12.1 Å². The first-order valence-corrected chi connectivity index (χ1v) is 5.11. The molecule has 0 bridgehead atoms. The third-order valence-corrected chi connectivity index (χ3v) is 2.55. The van der Waals surface area contributed by atoms with Crippen LogP contribution >= 0.6 is 23.2 Å². The molecule has 1 heterocycles. The van der Waals surface area contributed by atoms with Crippen LogP contribution in [0, 0.1) is 0 Å². The molecule has 1 atom stereocenters. The highest BCUT2D eigenvalue weighted by Gasteiger charge is 2.13. The van der Waals surface area contributed by atoms with Crippen LogP contribution in [0.15, 0.2) is 16.7 Å². The van der Waals surface area contributed by atoms with Crippen LogP contribution in [0.2, 0.25) is 5.22 Å². The van der Waals surface area contributed by atoms with Gasteiger partial charge in [-0.1, -0.05) is 6.92 Å². The first kappa shape index (κ1) is 11.4. The van der Waals surface area contributed by atoms with E-state index < -0.39 is 0 Å². The minimum absolute atomic E-state index is 0.0513. The molecular formula is C9H11Cl2NO2. The van der Waals surface area contributed by atoms with Crippen molar-refractivity contribution in [3.05, 3.63) is 23.1 Å².